The number of hydrogen-bond acceptors (Lipinski definition) is 7. The predicted octanol–water partition coefficient (Wildman–Crippen LogP) is 3.31. The van der Waals surface area contributed by atoms with Crippen LogP contribution in [0.3, 0.4) is 0 Å². The first-order valence-electron chi connectivity index (χ1n) is 18.8. The van der Waals surface area contributed by atoms with E-state index in [2.05, 4.69) is 29.8 Å². The lowest BCUT2D eigenvalue weighted by Gasteiger charge is -2.55. The Morgan fingerprint density at radius 1 is 0.957 bits per heavy atom. The summed E-state index contributed by atoms with van der Waals surface area (Å²) in [7, 11) is 0. The van der Waals surface area contributed by atoms with Crippen molar-refractivity contribution in [1.29, 1.82) is 0 Å². The van der Waals surface area contributed by atoms with Gasteiger partial charge in [0.1, 0.15) is 18.2 Å². The predicted molar refractivity (Wildman–Crippen MR) is 175 cm³/mol. The van der Waals surface area contributed by atoms with E-state index in [9.17, 15) is 24.3 Å². The Hall–Kier alpha value is -2.24. The highest BCUT2D eigenvalue weighted by atomic mass is 16.7. The van der Waals surface area contributed by atoms with Crippen LogP contribution in [0.15, 0.2) is 0 Å². The lowest BCUT2D eigenvalue weighted by atomic mass is 9.60. The van der Waals surface area contributed by atoms with Crippen molar-refractivity contribution in [1.82, 2.24) is 20.9 Å². The summed E-state index contributed by atoms with van der Waals surface area (Å²) in [5, 5.41) is 20.0. The Balaban J connectivity index is 1.21. The van der Waals surface area contributed by atoms with E-state index < -0.39 is 47.9 Å². The largest absolute Gasteiger partial charge is 0.381 e. The number of nitrogens with one attached hydrogen (secondary N) is 3. The summed E-state index contributed by atoms with van der Waals surface area (Å²) in [5.41, 5.74) is -0.516. The molecule has 0 aromatic heterocycles. The van der Waals surface area contributed by atoms with Gasteiger partial charge in [0.15, 0.2) is 12.4 Å². The normalized spacial score (nSPS) is 34.1. The van der Waals surface area contributed by atoms with Gasteiger partial charge in [-0.05, 0) is 93.8 Å². The molecule has 6 aliphatic rings. The zero-order valence-corrected chi connectivity index (χ0v) is 28.7. The zero-order chi connectivity index (χ0) is 33.3. The second-order valence-electron chi connectivity index (χ2n) is 15.9. The van der Waals surface area contributed by atoms with E-state index in [0.29, 0.717) is 25.9 Å². The minimum Gasteiger partial charge on any atom is -0.381 e. The van der Waals surface area contributed by atoms with Gasteiger partial charge in [-0.2, -0.15) is 0 Å². The van der Waals surface area contributed by atoms with Crippen molar-refractivity contribution >= 4 is 23.6 Å². The third kappa shape index (κ3) is 7.37. The van der Waals surface area contributed by atoms with Gasteiger partial charge >= 0.3 is 0 Å². The lowest BCUT2D eigenvalue weighted by molar-refractivity contribution is -0.204. The minimum absolute atomic E-state index is 0.0762. The molecule has 11 heteroatoms. The van der Waals surface area contributed by atoms with Crippen LogP contribution in [0.25, 0.3) is 0 Å². The van der Waals surface area contributed by atoms with Crippen molar-refractivity contribution in [3.8, 4) is 0 Å². The van der Waals surface area contributed by atoms with Crippen LogP contribution < -0.4 is 16.0 Å². The maximum atomic E-state index is 14.6. The molecule has 6 rings (SSSR count). The molecular weight excluding hydrogens is 600 g/mol. The molecule has 11 nitrogen and oxygen atoms in total. The van der Waals surface area contributed by atoms with E-state index in [0.717, 1.165) is 83.5 Å². The molecule has 9 atom stereocenters. The SMILES string of the molecule is CCC[C@H](NC(=O)[C@@H]1CC2CCCC3C2N1C(=O)[C@@H](NC(=O)[C@@H](OC1CCCCO1)C1CCCCC1)C3(C)C)C(O)C(=O)NC1CC1. The molecule has 264 valence electrons. The van der Waals surface area contributed by atoms with Gasteiger partial charge in [0.2, 0.25) is 17.7 Å². The monoisotopic (exact) mass is 658 g/mol. The zero-order valence-electron chi connectivity index (χ0n) is 28.7. The van der Waals surface area contributed by atoms with Crippen LogP contribution in [-0.2, 0) is 28.7 Å². The molecule has 0 bridgehead atoms. The van der Waals surface area contributed by atoms with Gasteiger partial charge < -0.3 is 35.4 Å². The number of carbonyl (C=O) groups is 4. The fraction of sp³-hybridized carbons (Fsp3) is 0.889. The Labute approximate surface area is 280 Å². The molecule has 0 spiro atoms. The molecule has 3 saturated carbocycles. The van der Waals surface area contributed by atoms with Gasteiger partial charge in [0, 0.05) is 18.7 Å². The molecule has 0 aromatic rings. The molecule has 0 radical (unpaired) electrons. The first-order valence-corrected chi connectivity index (χ1v) is 18.8. The standard InChI is InChI=1S/C36H58N4O7/c1-4-11-25(29(41)33(43)37-23-17-18-23)38-32(42)26-20-22-14-10-15-24-28(22)40(26)35(45)31(36(24,2)3)39-34(44)30(21-12-6-5-7-13-21)47-27-16-8-9-19-46-27/h21-31,41H,4-20H2,1-3H3,(H,37,43)(H,38,42)(H,39,44)/t22?,24?,25-,26-,27?,28?,29?,30-,31+/m0/s1. The second-order valence-corrected chi connectivity index (χ2v) is 15.9. The van der Waals surface area contributed by atoms with Gasteiger partial charge in [-0.1, -0.05) is 52.9 Å². The van der Waals surface area contributed by atoms with Gasteiger partial charge in [0.05, 0.1) is 6.04 Å². The van der Waals surface area contributed by atoms with Gasteiger partial charge in [-0.15, -0.1) is 0 Å². The maximum absolute atomic E-state index is 14.6. The third-order valence-electron chi connectivity index (χ3n) is 12.2. The van der Waals surface area contributed by atoms with E-state index in [1.807, 2.05) is 6.92 Å². The Kier molecular flexibility index (Phi) is 10.8. The Morgan fingerprint density at radius 2 is 1.70 bits per heavy atom. The van der Waals surface area contributed by atoms with Crippen molar-refractivity contribution in [2.75, 3.05) is 6.61 Å². The molecule has 3 aliphatic heterocycles. The van der Waals surface area contributed by atoms with Crippen LogP contribution in [0.5, 0.6) is 0 Å². The number of rotatable bonds is 12. The summed E-state index contributed by atoms with van der Waals surface area (Å²) in [6.45, 7) is 6.77. The fourth-order valence-electron chi connectivity index (χ4n) is 9.46. The first-order chi connectivity index (χ1) is 22.6. The van der Waals surface area contributed by atoms with Crippen LogP contribution in [0.1, 0.15) is 124 Å². The van der Waals surface area contributed by atoms with E-state index in [1.54, 1.807) is 4.90 Å². The summed E-state index contributed by atoms with van der Waals surface area (Å²) >= 11 is 0. The lowest BCUT2D eigenvalue weighted by Crippen LogP contribution is -2.70. The molecule has 3 saturated heterocycles. The van der Waals surface area contributed by atoms with Crippen LogP contribution >= 0.6 is 0 Å². The summed E-state index contributed by atoms with van der Waals surface area (Å²) in [6.07, 6.45) is 11.8. The number of amides is 4. The molecular formula is C36H58N4O7. The summed E-state index contributed by atoms with van der Waals surface area (Å²) < 4.78 is 12.3. The molecule has 3 aliphatic carbocycles. The number of hydrogen-bond donors (Lipinski definition) is 4. The van der Waals surface area contributed by atoms with Crippen molar-refractivity contribution < 1.29 is 33.8 Å². The summed E-state index contributed by atoms with van der Waals surface area (Å²) in [5.74, 6) is -0.865. The Bertz CT molecular complexity index is 1150. The minimum atomic E-state index is -1.36. The third-order valence-corrected chi connectivity index (χ3v) is 12.2. The number of piperidine rings is 1. The number of nitrogens with zero attached hydrogens (tertiary/aromatic N) is 1. The first kappa shape index (κ1) is 34.6. The van der Waals surface area contributed by atoms with E-state index in [1.165, 1.54) is 0 Å². The van der Waals surface area contributed by atoms with Crippen LogP contribution in [0.4, 0.5) is 0 Å². The quantitative estimate of drug-likeness (QED) is 0.252. The highest BCUT2D eigenvalue weighted by Gasteiger charge is 2.62. The van der Waals surface area contributed by atoms with Crippen molar-refractivity contribution in [2.45, 2.75) is 172 Å². The van der Waals surface area contributed by atoms with Crippen molar-refractivity contribution in [3.05, 3.63) is 0 Å². The molecule has 5 unspecified atom stereocenters. The van der Waals surface area contributed by atoms with E-state index in [-0.39, 0.29) is 47.6 Å². The molecule has 4 N–H and O–H groups in total. The summed E-state index contributed by atoms with van der Waals surface area (Å²) in [4.78, 5) is 57.4. The molecule has 0 aromatic carbocycles. The average molecular weight is 659 g/mol. The topological polar surface area (TPSA) is 146 Å². The molecule has 6 fully saturated rings. The number of carbonyl (C=O) groups excluding carboxylic acids is 4. The van der Waals surface area contributed by atoms with Gasteiger partial charge in [-0.3, -0.25) is 19.2 Å². The van der Waals surface area contributed by atoms with Crippen LogP contribution in [-0.4, -0.2) is 88.9 Å². The maximum Gasteiger partial charge on any atom is 0.251 e. The highest BCUT2D eigenvalue weighted by molar-refractivity contribution is 5.95. The number of ether oxygens (including phenoxy) is 2. The smallest absolute Gasteiger partial charge is 0.251 e. The average Bonchev–Trinajstić information content (AvgIpc) is 3.80. The summed E-state index contributed by atoms with van der Waals surface area (Å²) in [6, 6.07) is -2.24. The number of aliphatic hydroxyl groups is 1. The van der Waals surface area contributed by atoms with Crippen LogP contribution in [0, 0.1) is 23.2 Å². The van der Waals surface area contributed by atoms with Gasteiger partial charge in [0.25, 0.3) is 5.91 Å². The van der Waals surface area contributed by atoms with E-state index >= 15 is 0 Å². The molecule has 47 heavy (non-hydrogen) atoms. The Morgan fingerprint density at radius 3 is 2.38 bits per heavy atom. The highest BCUT2D eigenvalue weighted by Crippen LogP contribution is 2.54. The number of aliphatic hydroxyl groups excluding tert-OH is 1. The van der Waals surface area contributed by atoms with Gasteiger partial charge in [-0.25, -0.2) is 0 Å². The van der Waals surface area contributed by atoms with Crippen molar-refractivity contribution in [2.24, 2.45) is 23.2 Å². The fourth-order valence-corrected chi connectivity index (χ4v) is 9.46. The van der Waals surface area contributed by atoms with Crippen LogP contribution in [0.2, 0.25) is 0 Å². The van der Waals surface area contributed by atoms with E-state index in [4.69, 9.17) is 9.47 Å². The molecule has 4 amide bonds. The van der Waals surface area contributed by atoms with Crippen molar-refractivity contribution in [3.63, 3.8) is 0 Å². The second kappa shape index (κ2) is 14.7. The molecule has 3 heterocycles.